The Labute approximate surface area is 141 Å². The molecule has 1 amide bonds. The Balaban J connectivity index is 2.39. The molecule has 1 aromatic heterocycles. The number of nitrogens with zero attached hydrogens (tertiary/aromatic N) is 1. The molecule has 0 saturated heterocycles. The average molecular weight is 332 g/mol. The molecule has 2 N–H and O–H groups in total. The number of carbonyl (C=O) groups is 1. The van der Waals surface area contributed by atoms with E-state index < -0.39 is 11.2 Å². The van der Waals surface area contributed by atoms with Gasteiger partial charge in [-0.25, -0.2) is 4.79 Å². The molecule has 0 atom stereocenters. The molecule has 0 aliphatic rings. The van der Waals surface area contributed by atoms with Crippen molar-refractivity contribution in [2.75, 3.05) is 18.4 Å². The number of anilines is 1. The largest absolute Gasteiger partial charge is 0.423 e. The van der Waals surface area contributed by atoms with Gasteiger partial charge in [0.1, 0.15) is 5.58 Å². The van der Waals surface area contributed by atoms with Crippen LogP contribution in [-0.2, 0) is 11.3 Å². The Morgan fingerprint density at radius 2 is 2.04 bits per heavy atom. The first-order chi connectivity index (χ1) is 11.2. The lowest BCUT2D eigenvalue weighted by Crippen LogP contribution is -2.38. The Morgan fingerprint density at radius 1 is 1.33 bits per heavy atom. The van der Waals surface area contributed by atoms with Crippen LogP contribution in [0.15, 0.2) is 33.5 Å². The van der Waals surface area contributed by atoms with Gasteiger partial charge in [0.2, 0.25) is 5.91 Å². The first kappa shape index (κ1) is 18.2. The summed E-state index contributed by atoms with van der Waals surface area (Å²) in [6.07, 6.45) is 0. The topological polar surface area (TPSA) is 82.8 Å². The molecule has 0 fully saturated rings. The van der Waals surface area contributed by atoms with Crippen LogP contribution in [0.4, 0.5) is 5.69 Å². The van der Waals surface area contributed by atoms with Crippen LogP contribution in [0, 0.1) is 0 Å². The number of fused-ring (bicyclic) bond motifs is 1. The molecule has 130 valence electrons. The molecule has 0 saturated carbocycles. The van der Waals surface area contributed by atoms with E-state index in [4.69, 9.17) is 4.42 Å². The van der Waals surface area contributed by atoms with Gasteiger partial charge >= 0.3 is 5.63 Å². The minimum atomic E-state index is -0.816. The first-order valence-electron chi connectivity index (χ1n) is 7.97. The van der Waals surface area contributed by atoms with E-state index >= 15 is 0 Å². The number of nitrogens with one attached hydrogen (secondary N) is 1. The van der Waals surface area contributed by atoms with Gasteiger partial charge in [-0.1, -0.05) is 6.92 Å². The Hall–Kier alpha value is -2.18. The molecular weight excluding hydrogens is 308 g/mol. The lowest BCUT2D eigenvalue weighted by molar-refractivity contribution is -0.114. The molecule has 1 aromatic carbocycles. The van der Waals surface area contributed by atoms with Crippen LogP contribution in [0.5, 0.6) is 0 Å². The molecule has 2 rings (SSSR count). The SMILES string of the molecule is CCN(Cc1cc(=O)oc2cc(NC(C)=O)ccc12)CC(C)(C)O. The van der Waals surface area contributed by atoms with E-state index in [1.54, 1.807) is 26.0 Å². The minimum Gasteiger partial charge on any atom is -0.423 e. The van der Waals surface area contributed by atoms with E-state index in [-0.39, 0.29) is 5.91 Å². The van der Waals surface area contributed by atoms with Crippen molar-refractivity contribution in [1.82, 2.24) is 4.90 Å². The summed E-state index contributed by atoms with van der Waals surface area (Å²) < 4.78 is 5.27. The quantitative estimate of drug-likeness (QED) is 0.794. The fraction of sp³-hybridized carbons (Fsp3) is 0.444. The molecule has 0 unspecified atom stereocenters. The number of likely N-dealkylation sites (N-methyl/N-ethyl adjacent to an activating group) is 1. The van der Waals surface area contributed by atoms with Gasteiger partial charge in [-0.15, -0.1) is 0 Å². The third-order valence-corrected chi connectivity index (χ3v) is 3.60. The van der Waals surface area contributed by atoms with Crippen molar-refractivity contribution < 1.29 is 14.3 Å². The van der Waals surface area contributed by atoms with Gasteiger partial charge in [0.25, 0.3) is 0 Å². The molecule has 6 nitrogen and oxygen atoms in total. The zero-order chi connectivity index (χ0) is 17.9. The van der Waals surface area contributed by atoms with Crippen molar-refractivity contribution in [1.29, 1.82) is 0 Å². The average Bonchev–Trinajstić information content (AvgIpc) is 2.43. The second kappa shape index (κ2) is 7.15. The fourth-order valence-electron chi connectivity index (χ4n) is 2.71. The summed E-state index contributed by atoms with van der Waals surface area (Å²) in [7, 11) is 0. The number of carbonyl (C=O) groups excluding carboxylic acids is 1. The molecule has 1 heterocycles. The lowest BCUT2D eigenvalue weighted by atomic mass is 10.1. The summed E-state index contributed by atoms with van der Waals surface area (Å²) in [4.78, 5) is 25.1. The lowest BCUT2D eigenvalue weighted by Gasteiger charge is -2.28. The van der Waals surface area contributed by atoms with E-state index in [0.29, 0.717) is 24.4 Å². The number of benzene rings is 1. The van der Waals surface area contributed by atoms with Crippen molar-refractivity contribution >= 4 is 22.6 Å². The minimum absolute atomic E-state index is 0.185. The van der Waals surface area contributed by atoms with E-state index in [9.17, 15) is 14.7 Å². The summed E-state index contributed by atoms with van der Waals surface area (Å²) in [5.41, 5.74) is 0.602. The summed E-state index contributed by atoms with van der Waals surface area (Å²) in [5, 5.41) is 13.5. The maximum absolute atomic E-state index is 11.9. The number of aliphatic hydroxyl groups is 1. The van der Waals surface area contributed by atoms with E-state index in [2.05, 4.69) is 10.2 Å². The molecule has 0 aliphatic carbocycles. The third-order valence-electron chi connectivity index (χ3n) is 3.60. The van der Waals surface area contributed by atoms with Crippen LogP contribution in [0.2, 0.25) is 0 Å². The Morgan fingerprint density at radius 3 is 2.62 bits per heavy atom. The predicted octanol–water partition coefficient (Wildman–Crippen LogP) is 2.34. The molecule has 0 aliphatic heterocycles. The van der Waals surface area contributed by atoms with Crippen LogP contribution < -0.4 is 10.9 Å². The normalized spacial score (nSPS) is 11.9. The molecule has 24 heavy (non-hydrogen) atoms. The molecule has 0 bridgehead atoms. The van der Waals surface area contributed by atoms with Gasteiger partial charge in [0.05, 0.1) is 5.60 Å². The van der Waals surface area contributed by atoms with Gasteiger partial charge in [0.15, 0.2) is 0 Å². The van der Waals surface area contributed by atoms with E-state index in [1.165, 1.54) is 13.0 Å². The Kier molecular flexibility index (Phi) is 5.41. The van der Waals surface area contributed by atoms with E-state index in [1.807, 2.05) is 13.0 Å². The third kappa shape index (κ3) is 4.91. The van der Waals surface area contributed by atoms with Crippen molar-refractivity contribution in [3.8, 4) is 0 Å². The van der Waals surface area contributed by atoms with Gasteiger partial charge < -0.3 is 14.8 Å². The molecule has 2 aromatic rings. The predicted molar refractivity (Wildman–Crippen MR) is 94.0 cm³/mol. The first-order valence-corrected chi connectivity index (χ1v) is 7.97. The molecule has 0 spiro atoms. The van der Waals surface area contributed by atoms with E-state index in [0.717, 1.165) is 17.5 Å². The van der Waals surface area contributed by atoms with Gasteiger partial charge in [0, 0.05) is 43.2 Å². The van der Waals surface area contributed by atoms with Crippen molar-refractivity contribution in [3.63, 3.8) is 0 Å². The monoisotopic (exact) mass is 332 g/mol. The summed E-state index contributed by atoms with van der Waals surface area (Å²) in [6.45, 7) is 8.72. The highest BCUT2D eigenvalue weighted by atomic mass is 16.4. The van der Waals surface area contributed by atoms with Crippen LogP contribution in [-0.4, -0.2) is 34.6 Å². The summed E-state index contributed by atoms with van der Waals surface area (Å²) >= 11 is 0. The maximum Gasteiger partial charge on any atom is 0.336 e. The maximum atomic E-state index is 11.9. The van der Waals surface area contributed by atoms with Crippen LogP contribution in [0.25, 0.3) is 11.0 Å². The summed E-state index contributed by atoms with van der Waals surface area (Å²) in [6, 6.07) is 6.73. The van der Waals surface area contributed by atoms with Gasteiger partial charge in [-0.05, 0) is 38.1 Å². The number of amides is 1. The second-order valence-electron chi connectivity index (χ2n) is 6.60. The Bertz CT molecular complexity index is 790. The zero-order valence-electron chi connectivity index (χ0n) is 14.5. The number of hydrogen-bond acceptors (Lipinski definition) is 5. The zero-order valence-corrected chi connectivity index (χ0v) is 14.5. The second-order valence-corrected chi connectivity index (χ2v) is 6.60. The van der Waals surface area contributed by atoms with Crippen molar-refractivity contribution in [3.05, 3.63) is 40.2 Å². The fourth-order valence-corrected chi connectivity index (χ4v) is 2.71. The highest BCUT2D eigenvalue weighted by Gasteiger charge is 2.18. The smallest absolute Gasteiger partial charge is 0.336 e. The van der Waals surface area contributed by atoms with Crippen molar-refractivity contribution in [2.24, 2.45) is 0 Å². The molecular formula is C18H24N2O4. The van der Waals surface area contributed by atoms with Crippen molar-refractivity contribution in [2.45, 2.75) is 39.8 Å². The van der Waals surface area contributed by atoms with Crippen LogP contribution in [0.3, 0.4) is 0 Å². The van der Waals surface area contributed by atoms with Gasteiger partial charge in [-0.2, -0.15) is 0 Å². The molecule has 6 heteroatoms. The highest BCUT2D eigenvalue weighted by Crippen LogP contribution is 2.23. The highest BCUT2D eigenvalue weighted by molar-refractivity contribution is 5.92. The number of rotatable bonds is 6. The van der Waals surface area contributed by atoms with Crippen LogP contribution in [0.1, 0.15) is 33.3 Å². The number of hydrogen-bond donors (Lipinski definition) is 2. The molecule has 0 radical (unpaired) electrons. The van der Waals surface area contributed by atoms with Gasteiger partial charge in [-0.3, -0.25) is 9.69 Å². The van der Waals surface area contributed by atoms with Crippen LogP contribution >= 0.6 is 0 Å². The standard InChI is InChI=1S/C18H24N2O4/c1-5-20(11-18(3,4)23)10-13-8-17(22)24-16-9-14(19-12(2)21)6-7-15(13)16/h6-9,23H,5,10-11H2,1-4H3,(H,19,21). The summed E-state index contributed by atoms with van der Waals surface area (Å²) in [5.74, 6) is -0.185.